The molecule has 2 nitrogen and oxygen atoms in total. The standard InChI is InChI=1S/C13H10N2.Mo/c14-15-13(11-7-3-1-4-8-11)12-9-5-2-6-10-12;/h1-10H;. The third-order valence-electron chi connectivity index (χ3n) is 2.24. The van der Waals surface area contributed by atoms with Crippen LogP contribution in [0, 0.1) is 0 Å². The fraction of sp³-hybridized carbons (Fsp3) is 0. The normalized spacial score (nSPS) is 9.50. The van der Waals surface area contributed by atoms with Gasteiger partial charge in [0.1, 0.15) is 0 Å². The monoisotopic (exact) mass is 292 g/mol. The molecule has 16 heavy (non-hydrogen) atoms. The summed E-state index contributed by atoms with van der Waals surface area (Å²) in [7, 11) is 0. The zero-order valence-corrected chi connectivity index (χ0v) is 10.6. The van der Waals surface area contributed by atoms with E-state index < -0.39 is 0 Å². The van der Waals surface area contributed by atoms with E-state index in [0.717, 1.165) is 16.8 Å². The van der Waals surface area contributed by atoms with Crippen molar-refractivity contribution in [3.8, 4) is 0 Å². The molecule has 0 aliphatic rings. The molecule has 0 saturated carbocycles. The van der Waals surface area contributed by atoms with Gasteiger partial charge in [-0.1, -0.05) is 0 Å². The zero-order chi connectivity index (χ0) is 11.2. The summed E-state index contributed by atoms with van der Waals surface area (Å²) in [5.74, 6) is 0. The molecule has 0 atom stereocenters. The van der Waals surface area contributed by atoms with Crippen molar-refractivity contribution in [1.29, 1.82) is 0 Å². The molecule has 0 amide bonds. The Bertz CT molecular complexity index is 450. The number of hydrogen-bond acceptors (Lipinski definition) is 2. The van der Waals surface area contributed by atoms with E-state index in [1.54, 1.807) is 19.6 Å². The molecule has 3 heteroatoms. The summed E-state index contributed by atoms with van der Waals surface area (Å²) in [5, 5.41) is 4.21. The summed E-state index contributed by atoms with van der Waals surface area (Å²) >= 11 is 1.62. The predicted octanol–water partition coefficient (Wildman–Crippen LogP) is 3.17. The van der Waals surface area contributed by atoms with Crippen LogP contribution < -0.4 is 0 Å². The predicted molar refractivity (Wildman–Crippen MR) is 61.0 cm³/mol. The van der Waals surface area contributed by atoms with E-state index >= 15 is 0 Å². The van der Waals surface area contributed by atoms with Gasteiger partial charge in [-0.2, -0.15) is 0 Å². The first-order valence-electron chi connectivity index (χ1n) is 4.93. The third-order valence-corrected chi connectivity index (χ3v) is 2.44. The van der Waals surface area contributed by atoms with Crippen molar-refractivity contribution < 1.29 is 19.6 Å². The summed E-state index contributed by atoms with van der Waals surface area (Å²) in [6.07, 6.45) is 0. The van der Waals surface area contributed by atoms with E-state index in [-0.39, 0.29) is 0 Å². The van der Waals surface area contributed by atoms with Gasteiger partial charge < -0.3 is 0 Å². The van der Waals surface area contributed by atoms with Crippen LogP contribution in [-0.2, 0) is 19.6 Å². The number of rotatable bonds is 3. The van der Waals surface area contributed by atoms with Gasteiger partial charge >= 0.3 is 106 Å². The van der Waals surface area contributed by atoms with Crippen molar-refractivity contribution in [3.63, 3.8) is 0 Å². The molecule has 2 rings (SSSR count). The third kappa shape index (κ3) is 2.59. The van der Waals surface area contributed by atoms with Crippen molar-refractivity contribution in [2.45, 2.75) is 0 Å². The molecule has 0 saturated heterocycles. The molecule has 0 N–H and O–H groups in total. The van der Waals surface area contributed by atoms with Crippen molar-refractivity contribution in [3.05, 3.63) is 71.8 Å². The fourth-order valence-electron chi connectivity index (χ4n) is 1.52. The van der Waals surface area contributed by atoms with Gasteiger partial charge in [0, 0.05) is 0 Å². The molecule has 0 unspecified atom stereocenters. The second-order valence-electron chi connectivity index (χ2n) is 3.26. The van der Waals surface area contributed by atoms with Crippen LogP contribution in [0.3, 0.4) is 0 Å². The van der Waals surface area contributed by atoms with Crippen LogP contribution in [0.25, 0.3) is 0 Å². The number of benzene rings is 2. The quantitative estimate of drug-likeness (QED) is 0.471. The van der Waals surface area contributed by atoms with Crippen LogP contribution in [-0.4, -0.2) is 5.71 Å². The first-order chi connectivity index (χ1) is 7.92. The molecular weight excluding hydrogens is 280 g/mol. The van der Waals surface area contributed by atoms with Crippen LogP contribution in [0.2, 0.25) is 0 Å². The van der Waals surface area contributed by atoms with Crippen LogP contribution in [0.5, 0.6) is 0 Å². The first-order valence-corrected chi connectivity index (χ1v) is 5.83. The second-order valence-corrected chi connectivity index (χ2v) is 3.66. The molecule has 0 aliphatic heterocycles. The van der Waals surface area contributed by atoms with Crippen LogP contribution >= 0.6 is 0 Å². The Kier molecular flexibility index (Phi) is 3.90. The van der Waals surface area contributed by atoms with Gasteiger partial charge in [-0.3, -0.25) is 0 Å². The van der Waals surface area contributed by atoms with Crippen molar-refractivity contribution >= 4 is 5.71 Å². The molecule has 2 aromatic carbocycles. The number of hydrogen-bond donors (Lipinski definition) is 0. The van der Waals surface area contributed by atoms with Crippen molar-refractivity contribution in [2.24, 2.45) is 8.71 Å². The van der Waals surface area contributed by atoms with Gasteiger partial charge in [0.25, 0.3) is 0 Å². The molecule has 0 heterocycles. The molecule has 0 radical (unpaired) electrons. The number of nitrogens with zero attached hydrogens (tertiary/aromatic N) is 2. The van der Waals surface area contributed by atoms with Crippen LogP contribution in [0.4, 0.5) is 0 Å². The van der Waals surface area contributed by atoms with Crippen LogP contribution in [0.1, 0.15) is 11.1 Å². The Morgan fingerprint density at radius 3 is 1.56 bits per heavy atom. The van der Waals surface area contributed by atoms with E-state index in [4.69, 9.17) is 0 Å². The van der Waals surface area contributed by atoms with Gasteiger partial charge in [-0.15, -0.1) is 0 Å². The molecule has 78 valence electrons. The topological polar surface area (TPSA) is 24.7 Å². The van der Waals surface area contributed by atoms with E-state index in [0.29, 0.717) is 0 Å². The molecular formula is C13H10MoN2. The van der Waals surface area contributed by atoms with Gasteiger partial charge in [-0.05, 0) is 0 Å². The summed E-state index contributed by atoms with van der Waals surface area (Å²) in [4.78, 5) is 0. The summed E-state index contributed by atoms with van der Waals surface area (Å²) in [5.41, 5.74) is 3.08. The maximum atomic E-state index is 4.21. The average Bonchev–Trinajstić information content (AvgIpc) is 2.38. The Morgan fingerprint density at radius 1 is 0.750 bits per heavy atom. The summed E-state index contributed by atoms with van der Waals surface area (Å²) in [6, 6.07) is 20.2. The average molecular weight is 290 g/mol. The second kappa shape index (κ2) is 5.62. The van der Waals surface area contributed by atoms with E-state index in [1.165, 1.54) is 0 Å². The molecule has 0 aromatic heterocycles. The van der Waals surface area contributed by atoms with E-state index in [2.05, 4.69) is 8.71 Å². The van der Waals surface area contributed by atoms with Gasteiger partial charge in [0.15, 0.2) is 0 Å². The summed E-state index contributed by atoms with van der Waals surface area (Å²) < 4.78 is 3.89. The minimum atomic E-state index is 0.909. The van der Waals surface area contributed by atoms with Gasteiger partial charge in [0.05, 0.1) is 0 Å². The Hall–Kier alpha value is -1.40. The zero-order valence-electron chi connectivity index (χ0n) is 8.58. The molecule has 0 fully saturated rings. The van der Waals surface area contributed by atoms with E-state index in [1.807, 2.05) is 60.7 Å². The maximum absolute atomic E-state index is 4.21. The van der Waals surface area contributed by atoms with Crippen molar-refractivity contribution in [1.82, 2.24) is 0 Å². The van der Waals surface area contributed by atoms with Crippen LogP contribution in [0.15, 0.2) is 69.4 Å². The van der Waals surface area contributed by atoms with Gasteiger partial charge in [0.2, 0.25) is 0 Å². The Morgan fingerprint density at radius 2 is 1.19 bits per heavy atom. The Balaban J connectivity index is 2.48. The Labute approximate surface area is 106 Å². The summed E-state index contributed by atoms with van der Waals surface area (Å²) in [6.45, 7) is 0. The molecule has 0 aliphatic carbocycles. The van der Waals surface area contributed by atoms with Crippen molar-refractivity contribution in [2.75, 3.05) is 0 Å². The minimum absolute atomic E-state index is 0.909. The van der Waals surface area contributed by atoms with E-state index in [9.17, 15) is 0 Å². The molecule has 0 bridgehead atoms. The fourth-order valence-corrected chi connectivity index (χ4v) is 1.72. The van der Waals surface area contributed by atoms with Gasteiger partial charge in [-0.25, -0.2) is 0 Å². The SMILES string of the molecule is [Mo]=[N]N=C(c1ccccc1)c1ccccc1. The molecule has 2 aromatic rings. The molecule has 0 spiro atoms. The first kappa shape index (κ1) is 11.1.